The molecule has 0 unspecified atom stereocenters. The summed E-state index contributed by atoms with van der Waals surface area (Å²) < 4.78 is 0. The number of hydrogen-bond acceptors (Lipinski definition) is 5. The molecule has 0 bridgehead atoms. The van der Waals surface area contributed by atoms with Crippen LogP contribution < -0.4 is 10.6 Å². The predicted octanol–water partition coefficient (Wildman–Crippen LogP) is 2.19. The second-order valence-electron chi connectivity index (χ2n) is 3.70. The lowest BCUT2D eigenvalue weighted by molar-refractivity contribution is 0.797. The number of aromatic nitrogens is 2. The Morgan fingerprint density at radius 1 is 1.24 bits per heavy atom. The van der Waals surface area contributed by atoms with Crippen LogP contribution in [0.5, 0.6) is 0 Å². The monoisotopic (exact) mass is 248 g/mol. The Morgan fingerprint density at radius 2 is 2.00 bits per heavy atom. The average Bonchev–Trinajstić information content (AvgIpc) is 2.77. The van der Waals surface area contributed by atoms with Crippen LogP contribution in [0.3, 0.4) is 0 Å². The Bertz CT molecular complexity index is 455. The van der Waals surface area contributed by atoms with E-state index in [2.05, 4.69) is 46.3 Å². The lowest BCUT2D eigenvalue weighted by atomic mass is 10.2. The third-order valence-electron chi connectivity index (χ3n) is 2.58. The van der Waals surface area contributed by atoms with E-state index in [9.17, 15) is 0 Å². The maximum absolute atomic E-state index is 5.56. The van der Waals surface area contributed by atoms with Crippen LogP contribution in [0.4, 0.5) is 10.8 Å². The Balaban J connectivity index is 1.97. The van der Waals surface area contributed by atoms with Crippen LogP contribution in [0.25, 0.3) is 0 Å². The second-order valence-corrected chi connectivity index (χ2v) is 4.79. The molecule has 0 saturated heterocycles. The molecular formula is C12H16N4S. The molecule has 0 radical (unpaired) electrons. The summed E-state index contributed by atoms with van der Waals surface area (Å²) in [5.74, 6) is 0. The van der Waals surface area contributed by atoms with Crippen molar-refractivity contribution >= 4 is 22.2 Å². The van der Waals surface area contributed by atoms with Crippen molar-refractivity contribution in [1.82, 2.24) is 10.2 Å². The third kappa shape index (κ3) is 3.17. The van der Waals surface area contributed by atoms with E-state index in [4.69, 9.17) is 5.73 Å². The normalized spacial score (nSPS) is 10.4. The van der Waals surface area contributed by atoms with Gasteiger partial charge in [-0.1, -0.05) is 29.5 Å². The van der Waals surface area contributed by atoms with Crippen molar-refractivity contribution in [2.24, 2.45) is 0 Å². The lowest BCUT2D eigenvalue weighted by Gasteiger charge is -2.22. The molecule has 0 atom stereocenters. The number of nitrogens with two attached hydrogens (primary N) is 1. The fraction of sp³-hybridized carbons (Fsp3) is 0.333. The molecule has 17 heavy (non-hydrogen) atoms. The summed E-state index contributed by atoms with van der Waals surface area (Å²) in [6.07, 6.45) is 0.887. The molecule has 4 nitrogen and oxygen atoms in total. The summed E-state index contributed by atoms with van der Waals surface area (Å²) in [6.45, 7) is 4.08. The number of anilines is 2. The van der Waals surface area contributed by atoms with Crippen molar-refractivity contribution in [1.29, 1.82) is 0 Å². The van der Waals surface area contributed by atoms with Crippen molar-refractivity contribution in [3.63, 3.8) is 0 Å². The van der Waals surface area contributed by atoms with Gasteiger partial charge in [0, 0.05) is 25.2 Å². The summed E-state index contributed by atoms with van der Waals surface area (Å²) in [4.78, 5) is 2.32. The van der Waals surface area contributed by atoms with Crippen LogP contribution in [0.15, 0.2) is 30.3 Å². The summed E-state index contributed by atoms with van der Waals surface area (Å²) >= 11 is 1.46. The smallest absolute Gasteiger partial charge is 0.203 e. The minimum Gasteiger partial charge on any atom is -0.374 e. The van der Waals surface area contributed by atoms with E-state index in [1.807, 2.05) is 6.07 Å². The topological polar surface area (TPSA) is 55.0 Å². The van der Waals surface area contributed by atoms with Crippen LogP contribution in [-0.2, 0) is 6.42 Å². The minimum atomic E-state index is 0.544. The largest absolute Gasteiger partial charge is 0.374 e. The summed E-state index contributed by atoms with van der Waals surface area (Å²) in [5.41, 5.74) is 6.80. The van der Waals surface area contributed by atoms with Gasteiger partial charge in [-0.25, -0.2) is 0 Å². The van der Waals surface area contributed by atoms with E-state index >= 15 is 0 Å². The highest BCUT2D eigenvalue weighted by atomic mass is 32.1. The SMILES string of the molecule is CCN(CCc1nnc(N)s1)c1ccccc1. The van der Waals surface area contributed by atoms with Gasteiger partial charge in [-0.3, -0.25) is 0 Å². The molecule has 1 heterocycles. The molecule has 0 fully saturated rings. The fourth-order valence-electron chi connectivity index (χ4n) is 1.71. The van der Waals surface area contributed by atoms with Gasteiger partial charge in [-0.05, 0) is 19.1 Å². The second kappa shape index (κ2) is 5.63. The molecule has 2 aromatic rings. The predicted molar refractivity (Wildman–Crippen MR) is 72.4 cm³/mol. The van der Waals surface area contributed by atoms with Crippen LogP contribution in [0, 0.1) is 0 Å². The van der Waals surface area contributed by atoms with E-state index in [0.29, 0.717) is 5.13 Å². The Hall–Kier alpha value is -1.62. The quantitative estimate of drug-likeness (QED) is 0.881. The number of nitrogen functional groups attached to an aromatic ring is 1. The van der Waals surface area contributed by atoms with Gasteiger partial charge >= 0.3 is 0 Å². The zero-order valence-corrected chi connectivity index (χ0v) is 10.7. The van der Waals surface area contributed by atoms with Crippen molar-refractivity contribution in [3.8, 4) is 0 Å². The van der Waals surface area contributed by atoms with E-state index < -0.39 is 0 Å². The van der Waals surface area contributed by atoms with E-state index in [-0.39, 0.29) is 0 Å². The summed E-state index contributed by atoms with van der Waals surface area (Å²) in [7, 11) is 0. The Kier molecular flexibility index (Phi) is 3.93. The van der Waals surface area contributed by atoms with Gasteiger partial charge < -0.3 is 10.6 Å². The van der Waals surface area contributed by atoms with Gasteiger partial charge in [0.05, 0.1) is 0 Å². The number of rotatable bonds is 5. The van der Waals surface area contributed by atoms with E-state index in [1.54, 1.807) is 0 Å². The molecule has 0 amide bonds. The van der Waals surface area contributed by atoms with Gasteiger partial charge in [0.2, 0.25) is 5.13 Å². The van der Waals surface area contributed by atoms with Crippen molar-refractivity contribution in [3.05, 3.63) is 35.3 Å². The minimum absolute atomic E-state index is 0.544. The lowest BCUT2D eigenvalue weighted by Crippen LogP contribution is -2.25. The standard InChI is InChI=1S/C12H16N4S/c1-2-16(10-6-4-3-5-7-10)9-8-11-14-15-12(13)17-11/h3-7H,2,8-9H2,1H3,(H2,13,15). The molecule has 0 spiro atoms. The van der Waals surface area contributed by atoms with Gasteiger partial charge in [-0.2, -0.15) is 0 Å². The molecule has 0 saturated carbocycles. The van der Waals surface area contributed by atoms with Crippen LogP contribution in [-0.4, -0.2) is 23.3 Å². The molecule has 2 N–H and O–H groups in total. The van der Waals surface area contributed by atoms with Crippen molar-refractivity contribution < 1.29 is 0 Å². The van der Waals surface area contributed by atoms with Crippen molar-refractivity contribution in [2.75, 3.05) is 23.7 Å². The molecule has 90 valence electrons. The number of hydrogen-bond donors (Lipinski definition) is 1. The Labute approximate surface area is 105 Å². The highest BCUT2D eigenvalue weighted by molar-refractivity contribution is 7.15. The first kappa shape index (κ1) is 11.9. The number of nitrogens with zero attached hydrogens (tertiary/aromatic N) is 3. The number of para-hydroxylation sites is 1. The maximum Gasteiger partial charge on any atom is 0.203 e. The number of likely N-dealkylation sites (N-methyl/N-ethyl adjacent to an activating group) is 1. The average molecular weight is 248 g/mol. The van der Waals surface area contributed by atoms with Gasteiger partial charge in [0.25, 0.3) is 0 Å². The van der Waals surface area contributed by atoms with E-state index in [0.717, 1.165) is 24.5 Å². The van der Waals surface area contributed by atoms with Crippen LogP contribution >= 0.6 is 11.3 Å². The molecule has 1 aromatic carbocycles. The third-order valence-corrected chi connectivity index (χ3v) is 3.39. The molecule has 0 aliphatic rings. The number of benzene rings is 1. The zero-order chi connectivity index (χ0) is 12.1. The maximum atomic E-state index is 5.56. The highest BCUT2D eigenvalue weighted by Crippen LogP contribution is 2.16. The summed E-state index contributed by atoms with van der Waals surface area (Å²) in [6, 6.07) is 10.4. The van der Waals surface area contributed by atoms with Gasteiger partial charge in [-0.15, -0.1) is 10.2 Å². The molecule has 1 aromatic heterocycles. The first-order valence-electron chi connectivity index (χ1n) is 5.67. The highest BCUT2D eigenvalue weighted by Gasteiger charge is 2.06. The van der Waals surface area contributed by atoms with E-state index in [1.165, 1.54) is 17.0 Å². The van der Waals surface area contributed by atoms with Gasteiger partial charge in [0.1, 0.15) is 5.01 Å². The van der Waals surface area contributed by atoms with Crippen LogP contribution in [0.2, 0.25) is 0 Å². The molecular weight excluding hydrogens is 232 g/mol. The van der Waals surface area contributed by atoms with Crippen molar-refractivity contribution in [2.45, 2.75) is 13.3 Å². The fourth-order valence-corrected chi connectivity index (χ4v) is 2.30. The summed E-state index contributed by atoms with van der Waals surface area (Å²) in [5, 5.41) is 9.39. The van der Waals surface area contributed by atoms with Crippen LogP contribution in [0.1, 0.15) is 11.9 Å². The zero-order valence-electron chi connectivity index (χ0n) is 9.84. The molecule has 5 heteroatoms. The molecule has 0 aliphatic carbocycles. The molecule has 2 rings (SSSR count). The molecule has 0 aliphatic heterocycles. The first-order valence-corrected chi connectivity index (χ1v) is 6.49. The van der Waals surface area contributed by atoms with Gasteiger partial charge in [0.15, 0.2) is 0 Å². The Morgan fingerprint density at radius 3 is 2.59 bits per heavy atom. The first-order chi connectivity index (χ1) is 8.29.